The first-order valence-corrected chi connectivity index (χ1v) is 10.5. The van der Waals surface area contributed by atoms with Gasteiger partial charge in [0.25, 0.3) is 5.91 Å². The van der Waals surface area contributed by atoms with Gasteiger partial charge in [-0.1, -0.05) is 25.0 Å². The van der Waals surface area contributed by atoms with Crippen molar-refractivity contribution in [3.63, 3.8) is 0 Å². The van der Waals surface area contributed by atoms with E-state index >= 15 is 0 Å². The Balaban J connectivity index is 1.36. The van der Waals surface area contributed by atoms with Crippen LogP contribution in [0.1, 0.15) is 49.5 Å². The van der Waals surface area contributed by atoms with Crippen LogP contribution in [0, 0.1) is 5.92 Å². The van der Waals surface area contributed by atoms with Gasteiger partial charge in [0, 0.05) is 12.0 Å². The molecule has 1 heterocycles. The molecule has 3 amide bonds. The Labute approximate surface area is 166 Å². The average Bonchev–Trinajstić information content (AvgIpc) is 3.40. The third kappa shape index (κ3) is 4.49. The lowest BCUT2D eigenvalue weighted by molar-refractivity contribution is -0.154. The summed E-state index contributed by atoms with van der Waals surface area (Å²) in [5, 5.41) is 5.81. The number of carbonyl (C=O) groups is 3. The van der Waals surface area contributed by atoms with Crippen LogP contribution in [-0.2, 0) is 14.3 Å². The minimum Gasteiger partial charge on any atom is -0.455 e. The van der Waals surface area contributed by atoms with Crippen LogP contribution in [0.25, 0.3) is 10.2 Å². The van der Waals surface area contributed by atoms with Crippen LogP contribution in [0.5, 0.6) is 0 Å². The number of nitrogens with zero attached hydrogens (tertiary/aromatic N) is 1. The Kier molecular flexibility index (Phi) is 5.57. The van der Waals surface area contributed by atoms with Crippen molar-refractivity contribution in [2.45, 2.75) is 50.5 Å². The molecule has 2 N–H and O–H groups in total. The summed E-state index contributed by atoms with van der Waals surface area (Å²) >= 11 is 1.62. The Morgan fingerprint density at radius 3 is 2.68 bits per heavy atom. The maximum absolute atomic E-state index is 12.6. The Morgan fingerprint density at radius 2 is 1.89 bits per heavy atom. The van der Waals surface area contributed by atoms with E-state index in [0.717, 1.165) is 53.7 Å². The van der Waals surface area contributed by atoms with Gasteiger partial charge in [0.05, 0.1) is 21.1 Å². The largest absolute Gasteiger partial charge is 0.455 e. The summed E-state index contributed by atoms with van der Waals surface area (Å²) in [6, 6.07) is 7.57. The fourth-order valence-corrected chi connectivity index (χ4v) is 4.78. The lowest BCUT2D eigenvalue weighted by Crippen LogP contribution is -2.42. The summed E-state index contributed by atoms with van der Waals surface area (Å²) in [5.74, 6) is -1.29. The first-order valence-electron chi connectivity index (χ1n) is 9.72. The molecule has 1 aromatic carbocycles. The van der Waals surface area contributed by atoms with Crippen LogP contribution in [0.3, 0.4) is 0 Å². The van der Waals surface area contributed by atoms with Gasteiger partial charge in [-0.3, -0.25) is 14.9 Å². The number of ether oxygens (including phenoxy) is 1. The second kappa shape index (κ2) is 8.26. The van der Waals surface area contributed by atoms with Crippen molar-refractivity contribution < 1.29 is 19.1 Å². The quantitative estimate of drug-likeness (QED) is 0.751. The van der Waals surface area contributed by atoms with Gasteiger partial charge in [0.2, 0.25) is 0 Å². The van der Waals surface area contributed by atoms with Crippen molar-refractivity contribution in [3.05, 3.63) is 29.3 Å². The molecule has 2 atom stereocenters. The van der Waals surface area contributed by atoms with Crippen LogP contribution in [-0.4, -0.2) is 35.5 Å². The van der Waals surface area contributed by atoms with Crippen LogP contribution in [0.2, 0.25) is 0 Å². The Bertz CT molecular complexity index is 859. The molecule has 1 aromatic heterocycles. The monoisotopic (exact) mass is 401 g/mol. The van der Waals surface area contributed by atoms with Crippen molar-refractivity contribution >= 4 is 39.5 Å². The van der Waals surface area contributed by atoms with Crippen molar-refractivity contribution in [2.75, 3.05) is 6.61 Å². The van der Waals surface area contributed by atoms with E-state index in [1.165, 1.54) is 0 Å². The fraction of sp³-hybridized carbons (Fsp3) is 0.500. The molecule has 2 saturated carbocycles. The van der Waals surface area contributed by atoms with Gasteiger partial charge in [-0.25, -0.2) is 9.78 Å². The third-order valence-electron chi connectivity index (χ3n) is 5.21. The van der Waals surface area contributed by atoms with Gasteiger partial charge in [-0.05, 0) is 37.8 Å². The van der Waals surface area contributed by atoms with Crippen molar-refractivity contribution in [3.8, 4) is 0 Å². The number of benzene rings is 1. The van der Waals surface area contributed by atoms with E-state index in [2.05, 4.69) is 10.6 Å². The number of thiazole rings is 1. The summed E-state index contributed by atoms with van der Waals surface area (Å²) in [7, 11) is 0. The van der Waals surface area contributed by atoms with Gasteiger partial charge in [0.1, 0.15) is 0 Å². The van der Waals surface area contributed by atoms with Gasteiger partial charge >= 0.3 is 12.0 Å². The molecule has 0 unspecified atom stereocenters. The third-order valence-corrected chi connectivity index (χ3v) is 6.38. The van der Waals surface area contributed by atoms with Crippen LogP contribution in [0.4, 0.5) is 4.79 Å². The van der Waals surface area contributed by atoms with Crippen molar-refractivity contribution in [2.24, 2.45) is 5.92 Å². The number of aromatic nitrogens is 1. The summed E-state index contributed by atoms with van der Waals surface area (Å²) in [6.45, 7) is -0.444. The molecule has 7 nitrogen and oxygen atoms in total. The molecule has 0 radical (unpaired) electrons. The lowest BCUT2D eigenvalue weighted by atomic mass is 9.79. The zero-order chi connectivity index (χ0) is 19.5. The van der Waals surface area contributed by atoms with E-state index in [4.69, 9.17) is 9.72 Å². The van der Waals surface area contributed by atoms with Gasteiger partial charge < -0.3 is 10.1 Å². The van der Waals surface area contributed by atoms with Crippen LogP contribution >= 0.6 is 11.3 Å². The van der Waals surface area contributed by atoms with E-state index < -0.39 is 18.5 Å². The number of urea groups is 1. The summed E-state index contributed by atoms with van der Waals surface area (Å²) in [4.78, 5) is 40.8. The Hall–Kier alpha value is -2.48. The molecular weight excluding hydrogens is 378 g/mol. The fourth-order valence-electron chi connectivity index (χ4n) is 3.61. The highest BCUT2D eigenvalue weighted by atomic mass is 32.1. The van der Waals surface area contributed by atoms with Gasteiger partial charge in [0.15, 0.2) is 6.61 Å². The molecule has 148 valence electrons. The molecule has 2 aromatic rings. The number of hydrogen-bond acceptors (Lipinski definition) is 6. The molecular formula is C20H23N3O4S. The zero-order valence-corrected chi connectivity index (χ0v) is 16.3. The van der Waals surface area contributed by atoms with Gasteiger partial charge in [-0.15, -0.1) is 11.3 Å². The number of rotatable bonds is 5. The maximum Gasteiger partial charge on any atom is 0.321 e. The predicted molar refractivity (Wildman–Crippen MR) is 105 cm³/mol. The van der Waals surface area contributed by atoms with E-state index in [0.29, 0.717) is 0 Å². The maximum atomic E-state index is 12.6. The molecule has 2 fully saturated rings. The van der Waals surface area contributed by atoms with E-state index in [1.54, 1.807) is 11.3 Å². The number of nitrogens with one attached hydrogen (secondary N) is 2. The topological polar surface area (TPSA) is 97.4 Å². The summed E-state index contributed by atoms with van der Waals surface area (Å²) in [6.07, 6.45) is 5.49. The van der Waals surface area contributed by atoms with Crippen molar-refractivity contribution in [1.29, 1.82) is 0 Å². The molecule has 2 aliphatic carbocycles. The number of carbonyl (C=O) groups excluding carboxylic acids is 3. The smallest absolute Gasteiger partial charge is 0.321 e. The van der Waals surface area contributed by atoms with Crippen LogP contribution in [0.15, 0.2) is 24.3 Å². The highest BCUT2D eigenvalue weighted by molar-refractivity contribution is 7.18. The minimum absolute atomic E-state index is 0.0138. The zero-order valence-electron chi connectivity index (χ0n) is 15.5. The minimum atomic E-state index is -0.612. The van der Waals surface area contributed by atoms with E-state index in [9.17, 15) is 14.4 Å². The molecule has 0 aliphatic heterocycles. The molecule has 28 heavy (non-hydrogen) atoms. The molecule has 0 spiro atoms. The number of amides is 3. The predicted octanol–water partition coefficient (Wildman–Crippen LogP) is 3.10. The molecule has 0 saturated heterocycles. The highest BCUT2D eigenvalue weighted by Crippen LogP contribution is 2.41. The first-order chi connectivity index (χ1) is 13.6. The molecule has 8 heteroatoms. The lowest BCUT2D eigenvalue weighted by Gasteiger charge is -2.28. The molecule has 0 bridgehead atoms. The first kappa shape index (κ1) is 18.9. The summed E-state index contributed by atoms with van der Waals surface area (Å²) in [5.41, 5.74) is 0.946. The molecule has 4 rings (SSSR count). The Morgan fingerprint density at radius 1 is 1.11 bits per heavy atom. The standard InChI is InChI=1S/C20H23N3O4S/c24-17(23-20(26)21-12-9-10-12)11-27-19(25)14-6-2-1-5-13(14)18-22-15-7-3-4-8-16(15)28-18/h3-4,7-8,12-14H,1-2,5-6,9-11H2,(H2,21,23,24,26)/t13-,14-/m0/s1. The second-order valence-electron chi connectivity index (χ2n) is 7.42. The number of fused-ring (bicyclic) bond motifs is 1. The number of para-hydroxylation sites is 1. The number of hydrogen-bond donors (Lipinski definition) is 2. The van der Waals surface area contributed by atoms with E-state index in [-0.39, 0.29) is 23.8 Å². The number of esters is 1. The van der Waals surface area contributed by atoms with Gasteiger partial charge in [-0.2, -0.15) is 0 Å². The molecule has 2 aliphatic rings. The van der Waals surface area contributed by atoms with Crippen LogP contribution < -0.4 is 10.6 Å². The van der Waals surface area contributed by atoms with Crippen molar-refractivity contribution in [1.82, 2.24) is 15.6 Å². The SMILES string of the molecule is O=C(COC(=O)[C@H]1CCCC[C@@H]1c1nc2ccccc2s1)NC(=O)NC1CC1. The second-order valence-corrected chi connectivity index (χ2v) is 8.48. The normalized spacial score (nSPS) is 21.9. The average molecular weight is 401 g/mol. The highest BCUT2D eigenvalue weighted by Gasteiger charge is 2.35. The summed E-state index contributed by atoms with van der Waals surface area (Å²) < 4.78 is 6.34. The van der Waals surface area contributed by atoms with E-state index in [1.807, 2.05) is 24.3 Å². The number of imide groups is 1.